The molecule has 0 amide bonds. The predicted molar refractivity (Wildman–Crippen MR) is 97.9 cm³/mol. The van der Waals surface area contributed by atoms with Crippen LogP contribution in [0.5, 0.6) is 0 Å². The zero-order chi connectivity index (χ0) is 15.3. The average Bonchev–Trinajstić information content (AvgIpc) is 2.56. The Bertz CT molecular complexity index is 328. The van der Waals surface area contributed by atoms with Gasteiger partial charge in [0.1, 0.15) is 0 Å². The third-order valence-corrected chi connectivity index (χ3v) is 5.69. The first-order valence-electron chi connectivity index (χ1n) is 8.64. The minimum atomic E-state index is 0.778. The van der Waals surface area contributed by atoms with E-state index in [4.69, 9.17) is 9.47 Å². The van der Waals surface area contributed by atoms with Gasteiger partial charge in [0.2, 0.25) is 0 Å². The van der Waals surface area contributed by atoms with E-state index >= 15 is 0 Å². The van der Waals surface area contributed by atoms with Crippen LogP contribution >= 0.6 is 21.6 Å². The van der Waals surface area contributed by atoms with Crippen molar-refractivity contribution >= 4 is 32.0 Å². The summed E-state index contributed by atoms with van der Waals surface area (Å²) >= 11 is 0. The first-order valence-corrected chi connectivity index (χ1v) is 10.8. The summed E-state index contributed by atoms with van der Waals surface area (Å²) in [4.78, 5) is 9.14. The summed E-state index contributed by atoms with van der Waals surface area (Å²) in [5.41, 5.74) is 0. The van der Waals surface area contributed by atoms with Gasteiger partial charge in [-0.1, -0.05) is 38.5 Å². The third-order valence-electron chi connectivity index (χ3n) is 3.72. The van der Waals surface area contributed by atoms with E-state index in [0.29, 0.717) is 0 Å². The summed E-state index contributed by atoms with van der Waals surface area (Å²) in [6.45, 7) is 3.30. The Hall–Kier alpha value is -0.360. The number of rotatable bonds is 0. The van der Waals surface area contributed by atoms with Crippen LogP contribution in [-0.4, -0.2) is 36.8 Å². The molecule has 0 aromatic carbocycles. The first-order chi connectivity index (χ1) is 10.9. The standard InChI is InChI=1S/C16H28N2O2S2/c1-3-7-11-17-15(19-13-9-5-1)21-22-16-18-12-8-4-2-6-10-14-20-16/h1-14H2. The first kappa shape index (κ1) is 18.0. The molecule has 0 radical (unpaired) electrons. The Morgan fingerprint density at radius 1 is 0.545 bits per heavy atom. The zero-order valence-electron chi connectivity index (χ0n) is 13.4. The summed E-state index contributed by atoms with van der Waals surface area (Å²) < 4.78 is 11.6. The van der Waals surface area contributed by atoms with Crippen molar-refractivity contribution in [3.63, 3.8) is 0 Å². The van der Waals surface area contributed by atoms with E-state index in [1.807, 2.05) is 0 Å². The molecule has 2 rings (SSSR count). The lowest BCUT2D eigenvalue weighted by Gasteiger charge is -2.13. The fourth-order valence-corrected chi connectivity index (χ4v) is 4.14. The SMILES string of the molecule is C1CCCN=C(SSC2=NCCCCCCCO2)OCCC1. The van der Waals surface area contributed by atoms with Gasteiger partial charge in [0, 0.05) is 34.7 Å². The molecule has 0 unspecified atom stereocenters. The second-order valence-corrected chi connectivity index (χ2v) is 7.73. The van der Waals surface area contributed by atoms with E-state index in [2.05, 4.69) is 9.98 Å². The molecule has 2 aliphatic heterocycles. The molecule has 0 aromatic heterocycles. The van der Waals surface area contributed by atoms with Crippen LogP contribution in [-0.2, 0) is 9.47 Å². The predicted octanol–water partition coefficient (Wildman–Crippen LogP) is 5.04. The maximum atomic E-state index is 5.79. The van der Waals surface area contributed by atoms with Gasteiger partial charge in [0.25, 0.3) is 10.5 Å². The summed E-state index contributed by atoms with van der Waals surface area (Å²) in [6, 6.07) is 0. The maximum absolute atomic E-state index is 5.79. The van der Waals surface area contributed by atoms with E-state index < -0.39 is 0 Å². The van der Waals surface area contributed by atoms with Crippen molar-refractivity contribution in [1.82, 2.24) is 0 Å². The molecule has 0 aromatic rings. The van der Waals surface area contributed by atoms with E-state index in [0.717, 1.165) is 62.4 Å². The number of aliphatic imine (C=N–C) groups is 2. The highest BCUT2D eigenvalue weighted by Crippen LogP contribution is 2.27. The van der Waals surface area contributed by atoms with Crippen molar-refractivity contribution in [3.05, 3.63) is 0 Å². The Balaban J connectivity index is 1.79. The topological polar surface area (TPSA) is 43.2 Å². The average molecular weight is 345 g/mol. The van der Waals surface area contributed by atoms with Crippen molar-refractivity contribution in [1.29, 1.82) is 0 Å². The van der Waals surface area contributed by atoms with Crippen LogP contribution in [0.25, 0.3) is 0 Å². The van der Waals surface area contributed by atoms with Gasteiger partial charge >= 0.3 is 0 Å². The van der Waals surface area contributed by atoms with Gasteiger partial charge in [0.15, 0.2) is 0 Å². The molecule has 6 heteroatoms. The molecule has 0 fully saturated rings. The second-order valence-electron chi connectivity index (χ2n) is 5.69. The van der Waals surface area contributed by atoms with Gasteiger partial charge < -0.3 is 9.47 Å². The molecule has 2 heterocycles. The monoisotopic (exact) mass is 344 g/mol. The van der Waals surface area contributed by atoms with Crippen molar-refractivity contribution in [2.24, 2.45) is 9.98 Å². The van der Waals surface area contributed by atoms with Crippen molar-refractivity contribution in [3.8, 4) is 0 Å². The van der Waals surface area contributed by atoms with Gasteiger partial charge in [0.05, 0.1) is 13.2 Å². The minimum absolute atomic E-state index is 0.778. The molecule has 0 bridgehead atoms. The summed E-state index contributed by atoms with van der Waals surface area (Å²) in [6.07, 6.45) is 12.3. The Morgan fingerprint density at radius 3 is 1.45 bits per heavy atom. The normalized spacial score (nSPS) is 22.5. The van der Waals surface area contributed by atoms with Gasteiger partial charge in [-0.25, -0.2) is 9.98 Å². The van der Waals surface area contributed by atoms with E-state index in [1.165, 1.54) is 38.5 Å². The molecule has 2 aliphatic rings. The van der Waals surface area contributed by atoms with Gasteiger partial charge in [-0.15, -0.1) is 0 Å². The molecule has 0 aliphatic carbocycles. The lowest BCUT2D eigenvalue weighted by molar-refractivity contribution is 0.296. The Kier molecular flexibility index (Phi) is 9.90. The molecule has 0 atom stereocenters. The highest BCUT2D eigenvalue weighted by molar-refractivity contribution is 8.87. The highest BCUT2D eigenvalue weighted by atomic mass is 33.1. The van der Waals surface area contributed by atoms with Gasteiger partial charge in [-0.3, -0.25) is 0 Å². The van der Waals surface area contributed by atoms with Crippen LogP contribution in [0.15, 0.2) is 9.98 Å². The Morgan fingerprint density at radius 2 is 0.955 bits per heavy atom. The van der Waals surface area contributed by atoms with Crippen LogP contribution in [0.3, 0.4) is 0 Å². The highest BCUT2D eigenvalue weighted by Gasteiger charge is 2.10. The minimum Gasteiger partial charge on any atom is -0.472 e. The van der Waals surface area contributed by atoms with Crippen molar-refractivity contribution in [2.75, 3.05) is 26.3 Å². The number of nitrogens with zero attached hydrogens (tertiary/aromatic N) is 2. The van der Waals surface area contributed by atoms with Crippen LogP contribution in [0.4, 0.5) is 0 Å². The van der Waals surface area contributed by atoms with Crippen molar-refractivity contribution in [2.45, 2.75) is 64.2 Å². The molecule has 22 heavy (non-hydrogen) atoms. The van der Waals surface area contributed by atoms with Crippen molar-refractivity contribution < 1.29 is 9.47 Å². The fraction of sp³-hybridized carbons (Fsp3) is 0.875. The lowest BCUT2D eigenvalue weighted by Crippen LogP contribution is -2.07. The summed E-state index contributed by atoms with van der Waals surface area (Å²) in [5.74, 6) is 0. The smallest absolute Gasteiger partial charge is 0.257 e. The molecule has 4 nitrogen and oxygen atoms in total. The second kappa shape index (κ2) is 12.1. The molecule has 0 saturated heterocycles. The molecule has 0 saturated carbocycles. The van der Waals surface area contributed by atoms with Crippen LogP contribution in [0.1, 0.15) is 64.2 Å². The molecule has 0 N–H and O–H groups in total. The van der Waals surface area contributed by atoms with Crippen LogP contribution in [0.2, 0.25) is 0 Å². The largest absolute Gasteiger partial charge is 0.472 e. The molecular formula is C16H28N2O2S2. The van der Waals surface area contributed by atoms with E-state index in [1.54, 1.807) is 21.6 Å². The number of hydrogen-bond acceptors (Lipinski definition) is 6. The molecule has 126 valence electrons. The quantitative estimate of drug-likeness (QED) is 0.577. The van der Waals surface area contributed by atoms with Crippen LogP contribution < -0.4 is 0 Å². The maximum Gasteiger partial charge on any atom is 0.257 e. The van der Waals surface area contributed by atoms with Gasteiger partial charge in [-0.05, 0) is 25.7 Å². The van der Waals surface area contributed by atoms with Gasteiger partial charge in [-0.2, -0.15) is 0 Å². The van der Waals surface area contributed by atoms with Crippen LogP contribution in [0, 0.1) is 0 Å². The zero-order valence-corrected chi connectivity index (χ0v) is 15.1. The number of hydrogen-bond donors (Lipinski definition) is 0. The Labute approximate surface area is 142 Å². The summed E-state index contributed by atoms with van der Waals surface area (Å²) in [7, 11) is 3.12. The molecular weight excluding hydrogens is 316 g/mol. The molecule has 0 spiro atoms. The van der Waals surface area contributed by atoms with E-state index in [9.17, 15) is 0 Å². The van der Waals surface area contributed by atoms with E-state index in [-0.39, 0.29) is 0 Å². The fourth-order valence-electron chi connectivity index (χ4n) is 2.41. The lowest BCUT2D eigenvalue weighted by atomic mass is 10.1. The number of ether oxygens (including phenoxy) is 2. The third kappa shape index (κ3) is 8.32. The summed E-state index contributed by atoms with van der Waals surface area (Å²) in [5, 5.41) is 1.57.